The number of amides is 1. The molecule has 0 saturated heterocycles. The van der Waals surface area contributed by atoms with E-state index >= 15 is 0 Å². The van der Waals surface area contributed by atoms with Gasteiger partial charge in [-0.25, -0.2) is 0 Å². The van der Waals surface area contributed by atoms with Crippen molar-refractivity contribution in [2.24, 2.45) is 0 Å². The van der Waals surface area contributed by atoms with Crippen LogP contribution in [0, 0.1) is 11.3 Å². The van der Waals surface area contributed by atoms with E-state index in [9.17, 15) is 18.0 Å². The van der Waals surface area contributed by atoms with Crippen molar-refractivity contribution >= 4 is 17.3 Å². The van der Waals surface area contributed by atoms with E-state index in [0.29, 0.717) is 5.56 Å². The summed E-state index contributed by atoms with van der Waals surface area (Å²) < 4.78 is 39.4. The monoisotopic (exact) mass is 381 g/mol. The summed E-state index contributed by atoms with van der Waals surface area (Å²) in [5.41, 5.74) is 2.05. The van der Waals surface area contributed by atoms with Crippen molar-refractivity contribution in [3.05, 3.63) is 23.8 Å². The summed E-state index contributed by atoms with van der Waals surface area (Å²) in [6, 6.07) is 5.59. The molecule has 1 aliphatic carbocycles. The van der Waals surface area contributed by atoms with Crippen LogP contribution in [0.3, 0.4) is 0 Å². The first-order valence-corrected chi connectivity index (χ1v) is 8.82. The van der Waals surface area contributed by atoms with Gasteiger partial charge in [0.25, 0.3) is 0 Å². The summed E-state index contributed by atoms with van der Waals surface area (Å²) in [7, 11) is 2.61. The van der Waals surface area contributed by atoms with E-state index in [1.165, 1.54) is 14.1 Å². The Morgan fingerprint density at radius 1 is 1.44 bits per heavy atom. The zero-order chi connectivity index (χ0) is 19.8. The second-order valence-electron chi connectivity index (χ2n) is 7.18. The standard InChI is InChI=1S/C18H22F3N5O/c1-25(2)15(18(19,20)21)9-16(27)24-17-23-13-7-6-11(10-22)8-14(13)26(17)12-4-3-5-12/h6-8,12,15,17,23H,3-5,9H2,1-2H3,(H,24,27). The molecule has 2 N–H and O–H groups in total. The number of carbonyl (C=O) groups is 1. The van der Waals surface area contributed by atoms with Crippen LogP contribution in [-0.2, 0) is 4.79 Å². The number of nitrogens with zero attached hydrogens (tertiary/aromatic N) is 3. The minimum atomic E-state index is -4.48. The molecule has 1 saturated carbocycles. The third-order valence-electron chi connectivity index (χ3n) is 5.12. The number of benzene rings is 1. The number of halogens is 3. The molecule has 6 nitrogen and oxygen atoms in total. The van der Waals surface area contributed by atoms with E-state index in [1.807, 2.05) is 4.90 Å². The lowest BCUT2D eigenvalue weighted by atomic mass is 9.91. The molecule has 1 aromatic rings. The molecule has 146 valence electrons. The maximum Gasteiger partial charge on any atom is 0.404 e. The van der Waals surface area contributed by atoms with Crippen LogP contribution in [0.1, 0.15) is 31.2 Å². The molecule has 9 heteroatoms. The first-order chi connectivity index (χ1) is 12.7. The van der Waals surface area contributed by atoms with Crippen molar-refractivity contribution in [1.29, 1.82) is 5.26 Å². The fourth-order valence-electron chi connectivity index (χ4n) is 3.45. The third-order valence-corrected chi connectivity index (χ3v) is 5.12. The summed E-state index contributed by atoms with van der Waals surface area (Å²) in [4.78, 5) is 15.3. The molecule has 27 heavy (non-hydrogen) atoms. The highest BCUT2D eigenvalue weighted by Crippen LogP contribution is 2.40. The number of carbonyl (C=O) groups excluding carboxylic acids is 1. The summed E-state index contributed by atoms with van der Waals surface area (Å²) in [6.07, 6.45) is -2.84. The minimum Gasteiger partial charge on any atom is -0.347 e. The van der Waals surface area contributed by atoms with E-state index < -0.39 is 30.8 Å². The van der Waals surface area contributed by atoms with Crippen LogP contribution in [0.5, 0.6) is 0 Å². The first-order valence-electron chi connectivity index (χ1n) is 8.82. The first kappa shape index (κ1) is 19.3. The van der Waals surface area contributed by atoms with Crippen LogP contribution in [0.4, 0.5) is 24.5 Å². The van der Waals surface area contributed by atoms with Gasteiger partial charge in [0.05, 0.1) is 29.4 Å². The number of hydrogen-bond acceptors (Lipinski definition) is 5. The predicted octanol–water partition coefficient (Wildman–Crippen LogP) is 2.63. The summed E-state index contributed by atoms with van der Waals surface area (Å²) in [5, 5.41) is 15.0. The van der Waals surface area contributed by atoms with Crippen molar-refractivity contribution in [3.8, 4) is 6.07 Å². The van der Waals surface area contributed by atoms with Crippen LogP contribution in [-0.4, -0.2) is 49.5 Å². The van der Waals surface area contributed by atoms with Crippen molar-refractivity contribution in [2.45, 2.75) is 50.2 Å². The minimum absolute atomic E-state index is 0.185. The quantitative estimate of drug-likeness (QED) is 0.821. The fraction of sp³-hybridized carbons (Fsp3) is 0.556. The zero-order valence-electron chi connectivity index (χ0n) is 15.2. The maximum atomic E-state index is 13.1. The van der Waals surface area contributed by atoms with Crippen LogP contribution < -0.4 is 15.5 Å². The molecule has 1 amide bonds. The van der Waals surface area contributed by atoms with Gasteiger partial charge in [-0.15, -0.1) is 0 Å². The molecule has 0 spiro atoms. The van der Waals surface area contributed by atoms with E-state index in [1.54, 1.807) is 18.2 Å². The SMILES string of the molecule is CN(C)C(CC(=O)NC1Nc2ccc(C#N)cc2N1C1CCC1)C(F)(F)F. The van der Waals surface area contributed by atoms with Gasteiger partial charge in [0, 0.05) is 6.04 Å². The van der Waals surface area contributed by atoms with Crippen LogP contribution in [0.25, 0.3) is 0 Å². The molecular formula is C18H22F3N5O. The number of fused-ring (bicyclic) bond motifs is 1. The zero-order valence-corrected chi connectivity index (χ0v) is 15.2. The van der Waals surface area contributed by atoms with Crippen molar-refractivity contribution in [2.75, 3.05) is 24.3 Å². The van der Waals surface area contributed by atoms with Gasteiger partial charge in [0.15, 0.2) is 6.29 Å². The Balaban J connectivity index is 1.76. The molecule has 0 aromatic heterocycles. The summed E-state index contributed by atoms with van der Waals surface area (Å²) >= 11 is 0. The van der Waals surface area contributed by atoms with Gasteiger partial charge >= 0.3 is 6.18 Å². The van der Waals surface area contributed by atoms with E-state index in [-0.39, 0.29) is 6.04 Å². The third kappa shape index (κ3) is 3.95. The fourth-order valence-corrected chi connectivity index (χ4v) is 3.45. The topological polar surface area (TPSA) is 71.4 Å². The average Bonchev–Trinajstić information content (AvgIpc) is 2.87. The second kappa shape index (κ2) is 7.27. The number of anilines is 2. The smallest absolute Gasteiger partial charge is 0.347 e. The van der Waals surface area contributed by atoms with E-state index in [2.05, 4.69) is 16.7 Å². The van der Waals surface area contributed by atoms with Gasteiger partial charge in [-0.1, -0.05) is 0 Å². The Morgan fingerprint density at radius 2 is 2.15 bits per heavy atom. The molecule has 1 aliphatic heterocycles. The Labute approximate surface area is 155 Å². The van der Waals surface area contributed by atoms with Crippen LogP contribution in [0.15, 0.2) is 18.2 Å². The normalized spacial score (nSPS) is 20.5. The highest BCUT2D eigenvalue weighted by molar-refractivity contribution is 5.82. The number of rotatable bonds is 5. The number of nitrogens with one attached hydrogen (secondary N) is 2. The van der Waals surface area contributed by atoms with Gasteiger partial charge in [-0.05, 0) is 51.6 Å². The molecule has 0 radical (unpaired) electrons. The predicted molar refractivity (Wildman–Crippen MR) is 95.0 cm³/mol. The molecule has 2 unspecified atom stereocenters. The average molecular weight is 381 g/mol. The number of hydrogen-bond donors (Lipinski definition) is 2. The summed E-state index contributed by atoms with van der Waals surface area (Å²) in [6.45, 7) is 0. The van der Waals surface area contributed by atoms with Crippen molar-refractivity contribution in [3.63, 3.8) is 0 Å². The van der Waals surface area contributed by atoms with Crippen molar-refractivity contribution < 1.29 is 18.0 Å². The Bertz CT molecular complexity index is 754. The van der Waals surface area contributed by atoms with E-state index in [0.717, 1.165) is 35.5 Å². The van der Waals surface area contributed by atoms with Crippen LogP contribution >= 0.6 is 0 Å². The van der Waals surface area contributed by atoms with Crippen LogP contribution in [0.2, 0.25) is 0 Å². The number of nitriles is 1. The lowest BCUT2D eigenvalue weighted by Crippen LogP contribution is -2.56. The summed E-state index contributed by atoms with van der Waals surface area (Å²) in [5.74, 6) is -0.679. The Morgan fingerprint density at radius 3 is 2.67 bits per heavy atom. The highest BCUT2D eigenvalue weighted by atomic mass is 19.4. The molecule has 3 rings (SSSR count). The van der Waals surface area contributed by atoms with Gasteiger partial charge in [0.2, 0.25) is 5.91 Å². The van der Waals surface area contributed by atoms with Gasteiger partial charge in [-0.2, -0.15) is 18.4 Å². The Hall–Kier alpha value is -2.47. The maximum absolute atomic E-state index is 13.1. The highest BCUT2D eigenvalue weighted by Gasteiger charge is 2.43. The molecule has 1 fully saturated rings. The molecule has 1 aromatic carbocycles. The largest absolute Gasteiger partial charge is 0.404 e. The second-order valence-corrected chi connectivity index (χ2v) is 7.18. The number of alkyl halides is 3. The molecule has 2 atom stereocenters. The Kier molecular flexibility index (Phi) is 5.20. The molecule has 1 heterocycles. The van der Waals surface area contributed by atoms with Crippen molar-refractivity contribution in [1.82, 2.24) is 10.2 Å². The van der Waals surface area contributed by atoms with Gasteiger partial charge < -0.3 is 15.5 Å². The van der Waals surface area contributed by atoms with Gasteiger partial charge in [-0.3, -0.25) is 9.69 Å². The molecule has 2 aliphatic rings. The van der Waals surface area contributed by atoms with Gasteiger partial charge in [0.1, 0.15) is 6.04 Å². The molecular weight excluding hydrogens is 359 g/mol. The van der Waals surface area contributed by atoms with E-state index in [4.69, 9.17) is 5.26 Å². The lowest BCUT2D eigenvalue weighted by molar-refractivity contribution is -0.181. The lowest BCUT2D eigenvalue weighted by Gasteiger charge is -2.40. The molecule has 0 bridgehead atoms.